The molecule has 0 radical (unpaired) electrons. The monoisotopic (exact) mass is 1500 g/mol. The molecule has 7 aliphatic rings. The Labute approximate surface area is 596 Å². The van der Waals surface area contributed by atoms with Crippen LogP contribution in [0.4, 0.5) is 37.7 Å². The Bertz CT molecular complexity index is 4410. The third-order valence-corrected chi connectivity index (χ3v) is 21.1. The first-order chi connectivity index (χ1) is 46.6. The summed E-state index contributed by atoms with van der Waals surface area (Å²) in [7, 11) is -0.652. The van der Waals surface area contributed by atoms with Crippen LogP contribution in [0.1, 0.15) is 166 Å². The van der Waals surface area contributed by atoms with E-state index in [0.717, 1.165) is 81.8 Å². The highest BCUT2D eigenvalue weighted by atomic mass is 79.9. The molecule has 4 atom stereocenters. The van der Waals surface area contributed by atoms with Crippen molar-refractivity contribution in [2.45, 2.75) is 149 Å². The number of halogens is 10. The van der Waals surface area contributed by atoms with Gasteiger partial charge in [0.2, 0.25) is 11.8 Å². The molecule has 8 aromatic rings. The molecule has 0 saturated carbocycles. The molecular formula is C78H75BBr2Cl2F6N4O5. The highest BCUT2D eigenvalue weighted by Gasteiger charge is 2.52. The first-order valence-corrected chi connectivity index (χ1v) is 35.0. The number of amides is 2. The van der Waals surface area contributed by atoms with Gasteiger partial charge < -0.3 is 19.1 Å². The fraction of sp³-hybridized carbons (Fsp3) is 0.321. The van der Waals surface area contributed by atoms with Crippen molar-refractivity contribution in [1.82, 2.24) is 9.97 Å². The number of carbonyl (C=O) groups is 3. The lowest BCUT2D eigenvalue weighted by molar-refractivity contribution is -0.118. The zero-order chi connectivity index (χ0) is 70.7. The number of allylic oxidation sites excluding steroid dienone is 4. The van der Waals surface area contributed by atoms with E-state index in [1.54, 1.807) is 79.1 Å². The summed E-state index contributed by atoms with van der Waals surface area (Å²) in [6.45, 7) is 19.0. The van der Waals surface area contributed by atoms with E-state index in [2.05, 4.69) is 61.8 Å². The largest absolute Gasteiger partial charge is 0.494 e. The number of aromatic nitrogens is 2. The molecule has 1 fully saturated rings. The van der Waals surface area contributed by atoms with Crippen molar-refractivity contribution in [2.24, 2.45) is 0 Å². The van der Waals surface area contributed by atoms with Crippen LogP contribution in [0.5, 0.6) is 0 Å². The first kappa shape index (κ1) is 73.5. The Kier molecular flexibility index (Phi) is 23.4. The number of carbonyl (C=O) groups excluding carboxylic acids is 3. The molecule has 20 heteroatoms. The molecule has 0 N–H and O–H groups in total. The van der Waals surface area contributed by atoms with E-state index >= 15 is 4.39 Å². The second-order valence-corrected chi connectivity index (χ2v) is 29.2. The third kappa shape index (κ3) is 16.2. The van der Waals surface area contributed by atoms with Crippen LogP contribution in [0, 0.1) is 34.9 Å². The molecule has 98 heavy (non-hydrogen) atoms. The second-order valence-electron chi connectivity index (χ2n) is 26.7. The predicted molar refractivity (Wildman–Crippen MR) is 386 cm³/mol. The van der Waals surface area contributed by atoms with E-state index < -0.39 is 24.1 Å². The maximum Gasteiger partial charge on any atom is 0.494 e. The molecule has 1 saturated heterocycles. The molecule has 2 amide bonds. The lowest BCUT2D eigenvalue weighted by Crippen LogP contribution is -2.41. The average Bonchev–Trinajstić information content (AvgIpc) is 1.59. The predicted octanol–water partition coefficient (Wildman–Crippen LogP) is 19.5. The molecule has 0 bridgehead atoms. The number of pyridine rings is 2. The van der Waals surface area contributed by atoms with Crippen LogP contribution in [0.25, 0.3) is 11.1 Å². The maximum absolute atomic E-state index is 15.2. The van der Waals surface area contributed by atoms with Gasteiger partial charge in [-0.2, -0.15) is 0 Å². The number of benzene rings is 6. The Balaban J connectivity index is 0.000000134. The minimum absolute atomic E-state index is 0.00908. The first-order valence-electron chi connectivity index (χ1n) is 32.7. The smallest absolute Gasteiger partial charge is 0.399 e. The lowest BCUT2D eigenvalue weighted by Gasteiger charge is -2.32. The van der Waals surface area contributed by atoms with Crippen LogP contribution in [-0.2, 0) is 62.2 Å². The number of nitrogens with zero attached hydrogens (tertiary/aromatic N) is 4. The van der Waals surface area contributed by atoms with E-state index in [-0.39, 0.29) is 70.7 Å². The molecule has 9 nitrogen and oxygen atoms in total. The molecule has 6 aromatic carbocycles. The minimum atomic E-state index is -0.652. The Hall–Kier alpha value is -7.19. The van der Waals surface area contributed by atoms with Gasteiger partial charge in [-0.05, 0) is 223 Å². The second kappa shape index (κ2) is 31.1. The van der Waals surface area contributed by atoms with Gasteiger partial charge in [0.25, 0.3) is 0 Å². The summed E-state index contributed by atoms with van der Waals surface area (Å²) in [5.74, 6) is -0.439. The molecule has 510 valence electrons. The fourth-order valence-corrected chi connectivity index (χ4v) is 14.6. The van der Waals surface area contributed by atoms with Gasteiger partial charge in [-0.3, -0.25) is 14.4 Å². The quantitative estimate of drug-likeness (QED) is 0.0707. The summed E-state index contributed by atoms with van der Waals surface area (Å²) < 4.78 is 95.7. The minimum Gasteiger partial charge on any atom is -0.399 e. The molecular weight excluding hydrogens is 1430 g/mol. The van der Waals surface area contributed by atoms with Crippen LogP contribution >= 0.6 is 55.1 Å². The highest BCUT2D eigenvalue weighted by Crippen LogP contribution is 2.43. The van der Waals surface area contributed by atoms with E-state index in [9.17, 15) is 36.3 Å². The van der Waals surface area contributed by atoms with Crippen molar-refractivity contribution in [3.05, 3.63) is 261 Å². The van der Waals surface area contributed by atoms with Crippen LogP contribution in [0.15, 0.2) is 149 Å². The standard InChI is InChI=1S/C22H25BClFN2O3.C16H13BrClFN2O.C10H10BrF.C10H7FO.C10H11F.C10H9F/c1-13-12-27(18(28)9-14-7-6-8-26-20(14)24)19-16(13)10-15(11-17(19)25)23-29-21(2,3)22(4,5)30-23;1-9-8-21(15-12(9)6-11(17)7-13(15)19)14(22)5-10-3-2-4-20-16(10)18;1-6-2-3-8-9(6)4-7(11)5-10(8)12;11-10-3-1-2-8-7(6-12)4-5-9(8)10;2*1-7-5-6-9-8(7)3-2-4-10(9)11/h6-8,10-11,13H,9,12H2,1-5H3;2-4,6-7,9H,5,8H2,1H3;4-6H,2-3H2,1H3;1-4,6H,5H2;2-4,7H,5-6H2,1H3;2-5H,6H2,1H3. The van der Waals surface area contributed by atoms with Crippen molar-refractivity contribution in [1.29, 1.82) is 0 Å². The average molecular weight is 1500 g/mol. The zero-order valence-corrected chi connectivity index (χ0v) is 60.6. The van der Waals surface area contributed by atoms with Crippen molar-refractivity contribution in [3.8, 4) is 0 Å². The van der Waals surface area contributed by atoms with Gasteiger partial charge in [0.1, 0.15) is 51.5 Å². The van der Waals surface area contributed by atoms with Crippen molar-refractivity contribution in [3.63, 3.8) is 0 Å². The van der Waals surface area contributed by atoms with E-state index in [0.29, 0.717) is 80.1 Å². The fourth-order valence-electron chi connectivity index (χ4n) is 13.3. The zero-order valence-electron chi connectivity index (χ0n) is 55.9. The van der Waals surface area contributed by atoms with Crippen LogP contribution < -0.4 is 15.3 Å². The summed E-state index contributed by atoms with van der Waals surface area (Å²) in [5, 5.41) is 0.592. The highest BCUT2D eigenvalue weighted by molar-refractivity contribution is 9.10. The van der Waals surface area contributed by atoms with E-state index in [1.807, 2.05) is 78.8 Å². The molecule has 5 heterocycles. The van der Waals surface area contributed by atoms with Crippen molar-refractivity contribution in [2.75, 3.05) is 22.9 Å². The van der Waals surface area contributed by atoms with Gasteiger partial charge in [-0.15, -0.1) is 0 Å². The Morgan fingerprint density at radius 2 is 1.00 bits per heavy atom. The topological polar surface area (TPSA) is 102 Å². The van der Waals surface area contributed by atoms with Gasteiger partial charge >= 0.3 is 7.12 Å². The molecule has 0 spiro atoms. The number of aldehydes is 1. The normalized spacial score (nSPS) is 18.8. The van der Waals surface area contributed by atoms with Gasteiger partial charge in [-0.25, -0.2) is 36.3 Å². The number of rotatable bonds is 6. The summed E-state index contributed by atoms with van der Waals surface area (Å²) in [5.41, 5.74) is 12.6. The number of fused-ring (bicyclic) bond motifs is 6. The summed E-state index contributed by atoms with van der Waals surface area (Å²) in [4.78, 5) is 47.0. The summed E-state index contributed by atoms with van der Waals surface area (Å²) in [6, 6.07) is 32.6. The van der Waals surface area contributed by atoms with E-state index in [1.165, 1.54) is 50.8 Å². The van der Waals surface area contributed by atoms with Gasteiger partial charge in [-0.1, -0.05) is 150 Å². The van der Waals surface area contributed by atoms with Crippen LogP contribution in [0.2, 0.25) is 10.3 Å². The number of hydrogen-bond acceptors (Lipinski definition) is 7. The third-order valence-electron chi connectivity index (χ3n) is 19.5. The summed E-state index contributed by atoms with van der Waals surface area (Å²) in [6.07, 6.45) is 13.2. The molecule has 4 unspecified atom stereocenters. The van der Waals surface area contributed by atoms with Crippen molar-refractivity contribution < 1.29 is 50.0 Å². The Morgan fingerprint density at radius 1 is 0.551 bits per heavy atom. The molecule has 15 rings (SSSR count). The van der Waals surface area contributed by atoms with Crippen LogP contribution in [0.3, 0.4) is 0 Å². The van der Waals surface area contributed by atoms with Gasteiger partial charge in [0, 0.05) is 51.8 Å². The maximum atomic E-state index is 15.2. The number of anilines is 2. The summed E-state index contributed by atoms with van der Waals surface area (Å²) >= 11 is 18.7. The molecule has 3 aliphatic heterocycles. The number of hydrogen-bond donors (Lipinski definition) is 0. The van der Waals surface area contributed by atoms with Gasteiger partial charge in [0.15, 0.2) is 0 Å². The molecule has 4 aliphatic carbocycles. The van der Waals surface area contributed by atoms with Crippen molar-refractivity contribution >= 4 is 108 Å². The lowest BCUT2D eigenvalue weighted by atomic mass is 9.77. The Morgan fingerprint density at radius 3 is 1.52 bits per heavy atom. The van der Waals surface area contributed by atoms with Gasteiger partial charge in [0.05, 0.1) is 35.4 Å². The van der Waals surface area contributed by atoms with E-state index in [4.69, 9.17) is 32.5 Å². The molecule has 2 aromatic heterocycles. The van der Waals surface area contributed by atoms with Crippen LogP contribution in [-0.4, -0.2) is 59.5 Å². The SMILES string of the molecule is CC1=CCc2c(F)cccc21.CC1CCc2c(F)cc(Br)cc21.CC1CCc2c(F)cccc21.CC1CN(C(=O)Cc2cccnc2Cl)c2c(F)cc(B3OC(C)(C)C(C)(C)O3)cc21.CC1CN(C(=O)Cc2cccnc2Cl)c2c(F)cc(Br)cc21.O=CC1=CCc2c(F)cccc21.